The topological polar surface area (TPSA) is 46.1 Å². The second kappa shape index (κ2) is 9.45. The molecule has 0 bridgehead atoms. The molecule has 0 amide bonds. The summed E-state index contributed by atoms with van der Waals surface area (Å²) in [5.74, 6) is 2.02. The van der Waals surface area contributed by atoms with Crippen molar-refractivity contribution in [2.75, 3.05) is 32.8 Å². The first kappa shape index (κ1) is 20.7. The monoisotopic (exact) mass is 485 g/mol. The van der Waals surface area contributed by atoms with Crippen LogP contribution in [0.2, 0.25) is 0 Å². The van der Waals surface area contributed by atoms with E-state index in [0.29, 0.717) is 18.1 Å². The standard InChI is InChI=1S/C21H31N3O2.HI/c1-2-22-20(24-12-10-21(15-24)11-13-25-16-21)23-14-17-6-3-4-9-19(17)26-18-7-5-8-18;/h3-4,6,9,18H,2,5,7-8,10-16H2,1H3,(H,22,23);1H. The van der Waals surface area contributed by atoms with E-state index in [4.69, 9.17) is 14.5 Å². The number of nitrogens with zero attached hydrogens (tertiary/aromatic N) is 2. The fourth-order valence-electron chi connectivity index (χ4n) is 4.09. The van der Waals surface area contributed by atoms with E-state index in [9.17, 15) is 0 Å². The van der Waals surface area contributed by atoms with Crippen molar-refractivity contribution in [3.63, 3.8) is 0 Å². The van der Waals surface area contributed by atoms with Gasteiger partial charge in [0.25, 0.3) is 0 Å². The van der Waals surface area contributed by atoms with Gasteiger partial charge in [0.15, 0.2) is 5.96 Å². The molecule has 6 heteroatoms. The van der Waals surface area contributed by atoms with Crippen LogP contribution in [0.5, 0.6) is 5.75 Å². The third kappa shape index (κ3) is 4.88. The summed E-state index contributed by atoms with van der Waals surface area (Å²) in [4.78, 5) is 7.35. The van der Waals surface area contributed by atoms with Gasteiger partial charge in [-0.05, 0) is 45.1 Å². The molecule has 1 unspecified atom stereocenters. The van der Waals surface area contributed by atoms with Crippen molar-refractivity contribution in [2.24, 2.45) is 10.4 Å². The zero-order valence-corrected chi connectivity index (χ0v) is 18.6. The third-order valence-electron chi connectivity index (χ3n) is 5.98. The Kier molecular flexibility index (Phi) is 7.25. The van der Waals surface area contributed by atoms with Gasteiger partial charge in [-0.15, -0.1) is 24.0 Å². The Bertz CT molecular complexity index is 642. The first-order valence-corrected chi connectivity index (χ1v) is 10.1. The molecule has 2 heterocycles. The molecule has 1 spiro atoms. The highest BCUT2D eigenvalue weighted by atomic mass is 127. The Morgan fingerprint density at radius 3 is 2.89 bits per heavy atom. The van der Waals surface area contributed by atoms with E-state index in [0.717, 1.165) is 44.6 Å². The molecule has 2 aliphatic heterocycles. The predicted octanol–water partition coefficient (Wildman–Crippen LogP) is 3.81. The number of para-hydroxylation sites is 1. The number of benzene rings is 1. The van der Waals surface area contributed by atoms with Crippen LogP contribution in [0.15, 0.2) is 29.3 Å². The maximum Gasteiger partial charge on any atom is 0.194 e. The SMILES string of the molecule is CCNC(=NCc1ccccc1OC1CCC1)N1CCC2(CCOC2)C1.I. The molecule has 1 aliphatic carbocycles. The molecule has 0 radical (unpaired) electrons. The van der Waals surface area contributed by atoms with Gasteiger partial charge in [-0.2, -0.15) is 0 Å². The molecule has 150 valence electrons. The summed E-state index contributed by atoms with van der Waals surface area (Å²) in [6.07, 6.45) is 6.43. The highest BCUT2D eigenvalue weighted by molar-refractivity contribution is 14.0. The molecule has 5 nitrogen and oxygen atoms in total. The van der Waals surface area contributed by atoms with E-state index in [-0.39, 0.29) is 24.0 Å². The Labute approximate surface area is 179 Å². The van der Waals surface area contributed by atoms with Crippen LogP contribution in [0.1, 0.15) is 44.6 Å². The van der Waals surface area contributed by atoms with Crippen molar-refractivity contribution in [1.29, 1.82) is 0 Å². The number of rotatable bonds is 5. The van der Waals surface area contributed by atoms with E-state index in [1.54, 1.807) is 0 Å². The van der Waals surface area contributed by atoms with E-state index < -0.39 is 0 Å². The molecule has 27 heavy (non-hydrogen) atoms. The largest absolute Gasteiger partial charge is 0.490 e. The molecule has 3 aliphatic rings. The van der Waals surface area contributed by atoms with Crippen LogP contribution in [0.4, 0.5) is 0 Å². The third-order valence-corrected chi connectivity index (χ3v) is 5.98. The van der Waals surface area contributed by atoms with Crippen molar-refractivity contribution >= 4 is 29.9 Å². The average molecular weight is 485 g/mol. The number of hydrogen-bond donors (Lipinski definition) is 1. The van der Waals surface area contributed by atoms with E-state index >= 15 is 0 Å². The Morgan fingerprint density at radius 1 is 1.33 bits per heavy atom. The van der Waals surface area contributed by atoms with Gasteiger partial charge >= 0.3 is 0 Å². The van der Waals surface area contributed by atoms with E-state index in [1.165, 1.54) is 37.7 Å². The van der Waals surface area contributed by atoms with Crippen LogP contribution in [-0.2, 0) is 11.3 Å². The first-order chi connectivity index (χ1) is 12.8. The first-order valence-electron chi connectivity index (χ1n) is 10.1. The summed E-state index contributed by atoms with van der Waals surface area (Å²) in [7, 11) is 0. The summed E-state index contributed by atoms with van der Waals surface area (Å²) in [5.41, 5.74) is 1.52. The number of nitrogens with one attached hydrogen (secondary N) is 1. The van der Waals surface area contributed by atoms with Crippen LogP contribution < -0.4 is 10.1 Å². The minimum Gasteiger partial charge on any atom is -0.490 e. The van der Waals surface area contributed by atoms with E-state index in [2.05, 4.69) is 41.4 Å². The van der Waals surface area contributed by atoms with Crippen molar-refractivity contribution < 1.29 is 9.47 Å². The summed E-state index contributed by atoms with van der Waals surface area (Å²) in [6.45, 7) is 7.61. The quantitative estimate of drug-likeness (QED) is 0.392. The van der Waals surface area contributed by atoms with Gasteiger partial charge in [-0.25, -0.2) is 4.99 Å². The lowest BCUT2D eigenvalue weighted by Crippen LogP contribution is -2.41. The molecular weight excluding hydrogens is 453 g/mol. The van der Waals surface area contributed by atoms with Gasteiger partial charge < -0.3 is 19.7 Å². The Hall–Kier alpha value is -1.02. The molecule has 4 rings (SSSR count). The summed E-state index contributed by atoms with van der Waals surface area (Å²) in [5, 5.41) is 3.48. The molecule has 1 N–H and O–H groups in total. The maximum atomic E-state index is 6.16. The second-order valence-electron chi connectivity index (χ2n) is 7.92. The highest BCUT2D eigenvalue weighted by Gasteiger charge is 2.42. The number of aliphatic imine (C=N–C) groups is 1. The Balaban J connectivity index is 0.00000210. The summed E-state index contributed by atoms with van der Waals surface area (Å²) < 4.78 is 11.8. The number of hydrogen-bond acceptors (Lipinski definition) is 3. The van der Waals surface area contributed by atoms with Gasteiger partial charge in [0.1, 0.15) is 5.75 Å². The minimum atomic E-state index is 0. The molecule has 3 fully saturated rings. The second-order valence-corrected chi connectivity index (χ2v) is 7.92. The normalized spacial score (nSPS) is 25.4. The lowest BCUT2D eigenvalue weighted by Gasteiger charge is -2.27. The van der Waals surface area contributed by atoms with Crippen molar-refractivity contribution in [3.8, 4) is 5.75 Å². The lowest BCUT2D eigenvalue weighted by atomic mass is 9.87. The van der Waals surface area contributed by atoms with Crippen LogP contribution in [0, 0.1) is 5.41 Å². The lowest BCUT2D eigenvalue weighted by molar-refractivity contribution is 0.119. The smallest absolute Gasteiger partial charge is 0.194 e. The maximum absolute atomic E-state index is 6.16. The average Bonchev–Trinajstić information content (AvgIpc) is 3.26. The molecule has 1 saturated carbocycles. The highest BCUT2D eigenvalue weighted by Crippen LogP contribution is 2.38. The summed E-state index contributed by atoms with van der Waals surface area (Å²) in [6, 6.07) is 8.34. The van der Waals surface area contributed by atoms with Gasteiger partial charge in [-0.1, -0.05) is 18.2 Å². The van der Waals surface area contributed by atoms with Crippen LogP contribution >= 0.6 is 24.0 Å². The van der Waals surface area contributed by atoms with Gasteiger partial charge in [0.2, 0.25) is 0 Å². The fraction of sp³-hybridized carbons (Fsp3) is 0.667. The zero-order chi connectivity index (χ0) is 17.8. The number of halogens is 1. The molecule has 0 aromatic heterocycles. The molecule has 1 aromatic carbocycles. The van der Waals surface area contributed by atoms with Crippen LogP contribution in [0.25, 0.3) is 0 Å². The number of ether oxygens (including phenoxy) is 2. The van der Waals surface area contributed by atoms with Gasteiger partial charge in [0, 0.05) is 37.2 Å². The van der Waals surface area contributed by atoms with Gasteiger partial charge in [-0.3, -0.25) is 0 Å². The fourth-order valence-corrected chi connectivity index (χ4v) is 4.09. The zero-order valence-electron chi connectivity index (χ0n) is 16.3. The summed E-state index contributed by atoms with van der Waals surface area (Å²) >= 11 is 0. The Morgan fingerprint density at radius 2 is 2.19 bits per heavy atom. The van der Waals surface area contributed by atoms with Crippen molar-refractivity contribution in [2.45, 2.75) is 51.7 Å². The van der Waals surface area contributed by atoms with Crippen LogP contribution in [0.3, 0.4) is 0 Å². The minimum absolute atomic E-state index is 0. The predicted molar refractivity (Wildman–Crippen MR) is 119 cm³/mol. The van der Waals surface area contributed by atoms with Crippen LogP contribution in [-0.4, -0.2) is 49.8 Å². The molecule has 1 atom stereocenters. The van der Waals surface area contributed by atoms with E-state index in [1.807, 2.05) is 0 Å². The van der Waals surface area contributed by atoms with Crippen molar-refractivity contribution in [1.82, 2.24) is 10.2 Å². The number of likely N-dealkylation sites (tertiary alicyclic amines) is 1. The molecule has 1 aromatic rings. The molecular formula is C21H32IN3O2. The van der Waals surface area contributed by atoms with Crippen molar-refractivity contribution in [3.05, 3.63) is 29.8 Å². The molecule has 2 saturated heterocycles. The van der Waals surface area contributed by atoms with Gasteiger partial charge in [0.05, 0.1) is 19.3 Å². The number of guanidine groups is 1.